The van der Waals surface area contributed by atoms with Gasteiger partial charge in [0.25, 0.3) is 0 Å². The number of fused-ring (bicyclic) bond motifs is 1. The van der Waals surface area contributed by atoms with Crippen LogP contribution in [0.1, 0.15) is 37.7 Å². The van der Waals surface area contributed by atoms with Crippen molar-refractivity contribution in [1.82, 2.24) is 15.1 Å². The van der Waals surface area contributed by atoms with E-state index in [0.717, 1.165) is 51.9 Å². The zero-order valence-corrected chi connectivity index (χ0v) is 16.8. The number of carbonyl (C=O) groups excluding carboxylic acids is 2. The lowest BCUT2D eigenvalue weighted by Gasteiger charge is -2.47. The fraction of sp³-hybridized carbons (Fsp3) is 0.619. The molecular weight excluding hydrogens is 362 g/mol. The average Bonchev–Trinajstić information content (AvgIpc) is 3.49. The molecule has 1 aliphatic carbocycles. The van der Waals surface area contributed by atoms with Gasteiger partial charge in [0.05, 0.1) is 5.41 Å². The van der Waals surface area contributed by atoms with E-state index in [4.69, 9.17) is 0 Å². The third-order valence-corrected chi connectivity index (χ3v) is 6.52. The van der Waals surface area contributed by atoms with Crippen LogP contribution in [0.3, 0.4) is 0 Å². The van der Waals surface area contributed by atoms with E-state index in [-0.39, 0.29) is 23.7 Å². The van der Waals surface area contributed by atoms with Crippen molar-refractivity contribution in [2.24, 2.45) is 5.92 Å². The van der Waals surface area contributed by atoms with Crippen molar-refractivity contribution in [2.45, 2.75) is 43.6 Å². The van der Waals surface area contributed by atoms with E-state index in [1.54, 1.807) is 0 Å². The molecule has 1 N–H and O–H groups in total. The lowest BCUT2D eigenvalue weighted by Crippen LogP contribution is -2.58. The topological polar surface area (TPSA) is 52.7 Å². The molecule has 0 bridgehead atoms. The van der Waals surface area contributed by atoms with Crippen LogP contribution in [0.2, 0.25) is 0 Å². The lowest BCUT2D eigenvalue weighted by molar-refractivity contribution is -0.145. The van der Waals surface area contributed by atoms with Crippen LogP contribution in [0.15, 0.2) is 30.3 Å². The van der Waals surface area contributed by atoms with Crippen LogP contribution in [0, 0.1) is 5.92 Å². The fourth-order valence-electron chi connectivity index (χ4n) is 4.87. The van der Waals surface area contributed by atoms with Gasteiger partial charge in [-0.05, 0) is 44.2 Å². The van der Waals surface area contributed by atoms with Crippen LogP contribution in [0.25, 0.3) is 0 Å². The number of hydrogen-bond donors (Lipinski definition) is 1. The monoisotopic (exact) mass is 391 g/mol. The van der Waals surface area contributed by atoms with Gasteiger partial charge in [-0.1, -0.05) is 30.3 Å². The molecule has 148 valence electrons. The summed E-state index contributed by atoms with van der Waals surface area (Å²) in [7, 11) is 1.92. The summed E-state index contributed by atoms with van der Waals surface area (Å²) >= 11 is 0. The molecule has 2 heterocycles. The van der Waals surface area contributed by atoms with E-state index in [1.165, 1.54) is 5.56 Å². The van der Waals surface area contributed by atoms with Gasteiger partial charge in [-0.2, -0.15) is 0 Å². The number of halogens is 1. The second kappa shape index (κ2) is 8.19. The number of nitrogens with zero attached hydrogens (tertiary/aromatic N) is 2. The van der Waals surface area contributed by atoms with Gasteiger partial charge in [0.1, 0.15) is 0 Å². The van der Waals surface area contributed by atoms with E-state index < -0.39 is 0 Å². The highest BCUT2D eigenvalue weighted by Gasteiger charge is 2.54. The Bertz CT molecular complexity index is 677. The first-order valence-electron chi connectivity index (χ1n) is 9.95. The number of hydrogen-bond acceptors (Lipinski definition) is 3. The van der Waals surface area contributed by atoms with Crippen molar-refractivity contribution >= 4 is 24.2 Å². The Morgan fingerprint density at radius 1 is 1.22 bits per heavy atom. The Hall–Kier alpha value is -1.59. The van der Waals surface area contributed by atoms with E-state index in [0.29, 0.717) is 24.3 Å². The Labute approximate surface area is 167 Å². The Morgan fingerprint density at radius 2 is 1.96 bits per heavy atom. The number of nitrogens with one attached hydrogen (secondary N) is 1. The van der Waals surface area contributed by atoms with Gasteiger partial charge in [-0.15, -0.1) is 12.4 Å². The molecule has 27 heavy (non-hydrogen) atoms. The predicted molar refractivity (Wildman–Crippen MR) is 108 cm³/mol. The molecule has 1 aromatic carbocycles. The van der Waals surface area contributed by atoms with Crippen LogP contribution < -0.4 is 5.32 Å². The van der Waals surface area contributed by atoms with Crippen LogP contribution >= 0.6 is 12.4 Å². The second-order valence-corrected chi connectivity index (χ2v) is 8.04. The Morgan fingerprint density at radius 3 is 2.63 bits per heavy atom. The van der Waals surface area contributed by atoms with E-state index in [1.807, 2.05) is 25.2 Å². The third-order valence-electron chi connectivity index (χ3n) is 6.52. The molecule has 3 fully saturated rings. The number of rotatable bonds is 5. The van der Waals surface area contributed by atoms with Crippen LogP contribution in [0.4, 0.5) is 0 Å². The molecule has 5 nitrogen and oxygen atoms in total. The zero-order chi connectivity index (χ0) is 18.1. The molecule has 1 aromatic rings. The molecule has 2 atom stereocenters. The second-order valence-electron chi connectivity index (χ2n) is 8.04. The van der Waals surface area contributed by atoms with Crippen molar-refractivity contribution in [2.75, 3.05) is 33.2 Å². The van der Waals surface area contributed by atoms with Crippen molar-refractivity contribution in [3.05, 3.63) is 35.9 Å². The van der Waals surface area contributed by atoms with Crippen molar-refractivity contribution in [1.29, 1.82) is 0 Å². The fourth-order valence-corrected chi connectivity index (χ4v) is 4.87. The highest BCUT2D eigenvalue weighted by molar-refractivity contribution is 5.91. The minimum atomic E-state index is -0.273. The Kier molecular flexibility index (Phi) is 6.11. The number of amides is 2. The number of likely N-dealkylation sites (tertiary alicyclic amines) is 2. The minimum Gasteiger partial charge on any atom is -0.341 e. The maximum atomic E-state index is 13.3. The van der Waals surface area contributed by atoms with Crippen LogP contribution in [0.5, 0.6) is 0 Å². The predicted octanol–water partition coefficient (Wildman–Crippen LogP) is 2.20. The molecule has 2 aliphatic heterocycles. The first kappa shape index (κ1) is 20.2. The summed E-state index contributed by atoms with van der Waals surface area (Å²) in [4.78, 5) is 29.8. The van der Waals surface area contributed by atoms with E-state index in [2.05, 4.69) is 27.2 Å². The minimum absolute atomic E-state index is 0. The van der Waals surface area contributed by atoms with E-state index in [9.17, 15) is 9.59 Å². The summed E-state index contributed by atoms with van der Waals surface area (Å²) in [5.74, 6) is 1.01. The quantitative estimate of drug-likeness (QED) is 0.837. The van der Waals surface area contributed by atoms with Crippen LogP contribution in [-0.2, 0) is 15.0 Å². The first-order valence-corrected chi connectivity index (χ1v) is 9.95. The Balaban J connectivity index is 0.00000210. The summed E-state index contributed by atoms with van der Waals surface area (Å²) in [6.45, 7) is 3.19. The van der Waals surface area contributed by atoms with Gasteiger partial charge < -0.3 is 15.1 Å². The summed E-state index contributed by atoms with van der Waals surface area (Å²) < 4.78 is 0. The smallest absolute Gasteiger partial charge is 0.233 e. The third kappa shape index (κ3) is 3.72. The number of benzene rings is 1. The molecule has 2 saturated heterocycles. The molecule has 3 aliphatic rings. The standard InChI is InChI=1S/C21H29N3O2.ClH/c1-22-12-14-24-18-9-13-23(15-16(18)7-8-19(24)25)20(26)21(10-11-21)17-5-3-2-4-6-17;/h2-6,16,18,22H,7-15H2,1H3;1H/t16-,18+;/m0./s1. The molecule has 0 spiro atoms. The molecule has 0 unspecified atom stereocenters. The van der Waals surface area contributed by atoms with Gasteiger partial charge in [0.2, 0.25) is 11.8 Å². The molecule has 4 rings (SSSR count). The lowest BCUT2D eigenvalue weighted by atomic mass is 9.82. The van der Waals surface area contributed by atoms with Gasteiger partial charge in [0, 0.05) is 38.6 Å². The summed E-state index contributed by atoms with van der Waals surface area (Å²) in [6, 6.07) is 10.6. The molecule has 6 heteroatoms. The SMILES string of the molecule is CNCCN1C(=O)CC[C@H]2CN(C(=O)C3(c4ccccc4)CC3)CC[C@H]21.Cl. The number of carbonyl (C=O) groups is 2. The van der Waals surface area contributed by atoms with Crippen molar-refractivity contribution in [3.63, 3.8) is 0 Å². The average molecular weight is 392 g/mol. The number of piperidine rings is 2. The molecule has 0 aromatic heterocycles. The van der Waals surface area contributed by atoms with E-state index >= 15 is 0 Å². The molecule has 0 radical (unpaired) electrons. The summed E-state index contributed by atoms with van der Waals surface area (Å²) in [6.07, 6.45) is 4.38. The van der Waals surface area contributed by atoms with Crippen LogP contribution in [-0.4, -0.2) is 60.9 Å². The van der Waals surface area contributed by atoms with Gasteiger partial charge in [-0.3, -0.25) is 9.59 Å². The first-order chi connectivity index (χ1) is 12.7. The van der Waals surface area contributed by atoms with Gasteiger partial charge in [0.15, 0.2) is 0 Å². The number of likely N-dealkylation sites (N-methyl/N-ethyl adjacent to an activating group) is 1. The van der Waals surface area contributed by atoms with Crippen molar-refractivity contribution in [3.8, 4) is 0 Å². The molecular formula is C21H30ClN3O2. The summed E-state index contributed by atoms with van der Waals surface area (Å²) in [5, 5.41) is 3.15. The maximum Gasteiger partial charge on any atom is 0.233 e. The largest absolute Gasteiger partial charge is 0.341 e. The zero-order valence-electron chi connectivity index (χ0n) is 16.0. The van der Waals surface area contributed by atoms with Crippen molar-refractivity contribution < 1.29 is 9.59 Å². The molecule has 2 amide bonds. The maximum absolute atomic E-state index is 13.3. The van der Waals surface area contributed by atoms with Gasteiger partial charge >= 0.3 is 0 Å². The molecule has 1 saturated carbocycles. The normalized spacial score (nSPS) is 26.2. The highest BCUT2D eigenvalue weighted by atomic mass is 35.5. The summed E-state index contributed by atoms with van der Waals surface area (Å²) in [5.41, 5.74) is 0.895. The highest BCUT2D eigenvalue weighted by Crippen LogP contribution is 2.50. The van der Waals surface area contributed by atoms with Gasteiger partial charge in [-0.25, -0.2) is 0 Å².